The second-order valence-electron chi connectivity index (χ2n) is 8.67. The maximum atomic E-state index is 13.7. The molecular weight excluding hydrogens is 506 g/mol. The number of halogens is 1. The second kappa shape index (κ2) is 10.1. The number of amides is 1. The molecule has 1 atom stereocenters. The van der Waals surface area contributed by atoms with Crippen LogP contribution < -0.4 is 14.4 Å². The smallest absolute Gasteiger partial charge is 0.300 e. The molecule has 1 amide bonds. The normalized spacial score (nSPS) is 16.7. The lowest BCUT2D eigenvalue weighted by atomic mass is 9.94. The predicted octanol–water partition coefficient (Wildman–Crippen LogP) is 6.23. The zero-order valence-corrected chi connectivity index (χ0v) is 21.4. The number of Topliss-reactive ketones (excluding diaryl/α,β-unsaturated/α-hetero) is 1. The molecule has 1 fully saturated rings. The van der Waals surface area contributed by atoms with Crippen molar-refractivity contribution in [1.82, 2.24) is 0 Å². The van der Waals surface area contributed by atoms with Crippen LogP contribution in [0.25, 0.3) is 16.5 Å². The molecule has 0 bridgehead atoms. The predicted molar refractivity (Wildman–Crippen MR) is 146 cm³/mol. The molecule has 0 aliphatic carbocycles. The number of methoxy groups -OCH3 is 1. The van der Waals surface area contributed by atoms with E-state index in [-0.39, 0.29) is 28.4 Å². The summed E-state index contributed by atoms with van der Waals surface area (Å²) in [4.78, 5) is 28.7. The van der Waals surface area contributed by atoms with Crippen LogP contribution in [0.4, 0.5) is 5.69 Å². The van der Waals surface area contributed by atoms with Gasteiger partial charge in [-0.05, 0) is 54.3 Å². The number of ether oxygens (including phenoxy) is 2. The molecule has 1 aliphatic rings. The highest BCUT2D eigenvalue weighted by atomic mass is 35.5. The number of phenolic OH excluding ortho intramolecular Hbond substituents is 1. The van der Waals surface area contributed by atoms with Crippen molar-refractivity contribution in [1.29, 1.82) is 0 Å². The Labute approximate surface area is 224 Å². The number of carbonyl (C=O) groups is 2. The number of aliphatic hydroxyl groups is 1. The summed E-state index contributed by atoms with van der Waals surface area (Å²) >= 11 is 6.21. The van der Waals surface area contributed by atoms with Gasteiger partial charge in [-0.3, -0.25) is 14.5 Å². The molecule has 2 N–H and O–H groups in total. The number of aromatic hydroxyl groups is 1. The highest BCUT2D eigenvalue weighted by Crippen LogP contribution is 2.46. The van der Waals surface area contributed by atoms with Crippen LogP contribution in [0, 0.1) is 0 Å². The van der Waals surface area contributed by atoms with Gasteiger partial charge in [0.2, 0.25) is 0 Å². The van der Waals surface area contributed by atoms with E-state index in [1.165, 1.54) is 24.1 Å². The summed E-state index contributed by atoms with van der Waals surface area (Å²) in [5.41, 5.74) is 0.987. The lowest BCUT2D eigenvalue weighted by Crippen LogP contribution is -2.29. The van der Waals surface area contributed by atoms with Gasteiger partial charge in [0, 0.05) is 10.4 Å². The third-order valence-corrected chi connectivity index (χ3v) is 6.72. The van der Waals surface area contributed by atoms with E-state index in [2.05, 4.69) is 0 Å². The van der Waals surface area contributed by atoms with E-state index in [4.69, 9.17) is 21.1 Å². The SMILES string of the molecule is CCOc1cc(C2/C(=C(\O)c3cc(Cl)ccc3OC)C(=O)C(=O)N2c2cccc3ccccc23)ccc1O. The summed E-state index contributed by atoms with van der Waals surface area (Å²) in [5, 5.41) is 23.8. The van der Waals surface area contributed by atoms with Crippen molar-refractivity contribution in [2.45, 2.75) is 13.0 Å². The zero-order chi connectivity index (χ0) is 27.0. The van der Waals surface area contributed by atoms with Crippen LogP contribution in [0.3, 0.4) is 0 Å². The lowest BCUT2D eigenvalue weighted by molar-refractivity contribution is -0.132. The molecule has 1 aliphatic heterocycles. The van der Waals surface area contributed by atoms with Crippen LogP contribution in [-0.2, 0) is 9.59 Å². The Morgan fingerprint density at radius 3 is 2.50 bits per heavy atom. The third kappa shape index (κ3) is 4.21. The number of rotatable bonds is 6. The monoisotopic (exact) mass is 529 g/mol. The fraction of sp³-hybridized carbons (Fsp3) is 0.133. The number of carbonyl (C=O) groups excluding carboxylic acids is 2. The molecule has 0 radical (unpaired) electrons. The number of phenols is 1. The summed E-state index contributed by atoms with van der Waals surface area (Å²) in [6.45, 7) is 2.07. The first-order valence-electron chi connectivity index (χ1n) is 11.9. The van der Waals surface area contributed by atoms with E-state index in [1.54, 1.807) is 43.3 Å². The van der Waals surface area contributed by atoms with Crippen molar-refractivity contribution in [3.63, 3.8) is 0 Å². The summed E-state index contributed by atoms with van der Waals surface area (Å²) in [6, 6.07) is 21.2. The van der Waals surface area contributed by atoms with E-state index < -0.39 is 23.5 Å². The minimum absolute atomic E-state index is 0.0887. The maximum Gasteiger partial charge on any atom is 0.300 e. The zero-order valence-electron chi connectivity index (χ0n) is 20.6. The minimum atomic E-state index is -1.04. The van der Waals surface area contributed by atoms with Gasteiger partial charge in [-0.25, -0.2) is 0 Å². The number of ketones is 1. The molecule has 5 rings (SSSR count). The molecule has 0 aromatic heterocycles. The van der Waals surface area contributed by atoms with Gasteiger partial charge in [-0.1, -0.05) is 54.1 Å². The molecule has 38 heavy (non-hydrogen) atoms. The highest BCUT2D eigenvalue weighted by molar-refractivity contribution is 6.52. The van der Waals surface area contributed by atoms with Crippen LogP contribution in [0.1, 0.15) is 24.1 Å². The Morgan fingerprint density at radius 1 is 0.974 bits per heavy atom. The summed E-state index contributed by atoms with van der Waals surface area (Å²) in [6.07, 6.45) is 0. The fourth-order valence-electron chi connectivity index (χ4n) is 4.80. The Hall–Kier alpha value is -4.49. The van der Waals surface area contributed by atoms with Crippen molar-refractivity contribution >= 4 is 45.5 Å². The van der Waals surface area contributed by atoms with Gasteiger partial charge in [0.25, 0.3) is 11.7 Å². The molecule has 0 saturated carbocycles. The molecule has 0 spiro atoms. The molecule has 4 aromatic carbocycles. The summed E-state index contributed by atoms with van der Waals surface area (Å²) in [7, 11) is 1.43. The van der Waals surface area contributed by atoms with E-state index >= 15 is 0 Å². The average molecular weight is 530 g/mol. The highest BCUT2D eigenvalue weighted by Gasteiger charge is 2.47. The topological polar surface area (TPSA) is 96.3 Å². The number of aliphatic hydroxyl groups excluding tert-OH is 1. The van der Waals surface area contributed by atoms with Crippen molar-refractivity contribution in [2.24, 2.45) is 0 Å². The number of fused-ring (bicyclic) bond motifs is 1. The van der Waals surface area contributed by atoms with Gasteiger partial charge in [-0.2, -0.15) is 0 Å². The van der Waals surface area contributed by atoms with Gasteiger partial charge in [0.1, 0.15) is 11.5 Å². The lowest BCUT2D eigenvalue weighted by Gasteiger charge is -2.27. The van der Waals surface area contributed by atoms with Crippen LogP contribution in [0.15, 0.2) is 84.4 Å². The minimum Gasteiger partial charge on any atom is -0.507 e. The Bertz CT molecular complexity index is 1610. The number of benzene rings is 4. The molecule has 8 heteroatoms. The van der Waals surface area contributed by atoms with Gasteiger partial charge in [0.05, 0.1) is 36.6 Å². The van der Waals surface area contributed by atoms with Gasteiger partial charge in [-0.15, -0.1) is 0 Å². The summed E-state index contributed by atoms with van der Waals surface area (Å²) < 4.78 is 11.0. The standard InChI is InChI=1S/C30H24ClNO6/c1-3-38-25-15-18(11-13-23(25)33)27-26(28(34)21-16-19(31)12-14-24(21)37-2)29(35)30(36)32(27)22-10-6-8-17-7-4-5-9-20(17)22/h4-16,27,33-34H,3H2,1-2H3/b28-26+. The molecule has 1 unspecified atom stereocenters. The van der Waals surface area contributed by atoms with E-state index in [0.29, 0.717) is 22.9 Å². The molecule has 1 heterocycles. The second-order valence-corrected chi connectivity index (χ2v) is 9.11. The van der Waals surface area contributed by atoms with E-state index in [9.17, 15) is 19.8 Å². The molecule has 7 nitrogen and oxygen atoms in total. The Balaban J connectivity index is 1.82. The van der Waals surface area contributed by atoms with Crippen molar-refractivity contribution < 1.29 is 29.3 Å². The van der Waals surface area contributed by atoms with Crippen molar-refractivity contribution in [2.75, 3.05) is 18.6 Å². The molecule has 4 aromatic rings. The largest absolute Gasteiger partial charge is 0.507 e. The quantitative estimate of drug-likeness (QED) is 0.174. The number of anilines is 1. The maximum absolute atomic E-state index is 13.7. The first kappa shape index (κ1) is 25.2. The number of hydrogen-bond donors (Lipinski definition) is 2. The van der Waals surface area contributed by atoms with Crippen LogP contribution >= 0.6 is 11.6 Å². The van der Waals surface area contributed by atoms with E-state index in [1.807, 2.05) is 30.3 Å². The van der Waals surface area contributed by atoms with Crippen molar-refractivity contribution in [3.05, 3.63) is 101 Å². The van der Waals surface area contributed by atoms with Crippen LogP contribution in [0.2, 0.25) is 5.02 Å². The third-order valence-electron chi connectivity index (χ3n) is 6.49. The van der Waals surface area contributed by atoms with E-state index in [0.717, 1.165) is 10.8 Å². The molecule has 1 saturated heterocycles. The van der Waals surface area contributed by atoms with Gasteiger partial charge in [0.15, 0.2) is 11.5 Å². The number of hydrogen-bond acceptors (Lipinski definition) is 6. The number of nitrogens with zero attached hydrogens (tertiary/aromatic N) is 1. The summed E-state index contributed by atoms with van der Waals surface area (Å²) in [5.74, 6) is -1.72. The first-order chi connectivity index (χ1) is 18.3. The fourth-order valence-corrected chi connectivity index (χ4v) is 4.97. The average Bonchev–Trinajstić information content (AvgIpc) is 3.19. The van der Waals surface area contributed by atoms with Gasteiger partial charge >= 0.3 is 0 Å². The Kier molecular flexibility index (Phi) is 6.70. The van der Waals surface area contributed by atoms with Gasteiger partial charge < -0.3 is 19.7 Å². The van der Waals surface area contributed by atoms with Crippen LogP contribution in [0.5, 0.6) is 17.2 Å². The van der Waals surface area contributed by atoms with Crippen molar-refractivity contribution in [3.8, 4) is 17.2 Å². The first-order valence-corrected chi connectivity index (χ1v) is 12.3. The molecule has 192 valence electrons. The Morgan fingerprint density at radius 2 is 1.74 bits per heavy atom. The van der Waals surface area contributed by atoms with Crippen LogP contribution in [-0.4, -0.2) is 35.6 Å². The molecular formula is C30H24ClNO6.